The van der Waals surface area contributed by atoms with Crippen LogP contribution in [0.15, 0.2) is 24.8 Å². The van der Waals surface area contributed by atoms with Crippen LogP contribution in [-0.2, 0) is 6.54 Å². The molecule has 0 aliphatic heterocycles. The first-order valence-electron chi connectivity index (χ1n) is 6.05. The number of nitrogens with two attached hydrogens (primary N) is 1. The molecule has 0 amide bonds. The van der Waals surface area contributed by atoms with E-state index in [2.05, 4.69) is 14.5 Å². The number of halogens is 1. The Labute approximate surface area is 112 Å². The summed E-state index contributed by atoms with van der Waals surface area (Å²) in [5.41, 5.74) is 8.36. The molecular formula is C13H17ClN4. The highest BCUT2D eigenvalue weighted by atomic mass is 35.5. The minimum atomic E-state index is 0.543. The third-order valence-corrected chi connectivity index (χ3v) is 3.21. The second kappa shape index (κ2) is 5.98. The minimum absolute atomic E-state index is 0.543. The molecule has 4 nitrogen and oxygen atoms in total. The van der Waals surface area contributed by atoms with E-state index in [-0.39, 0.29) is 0 Å². The number of imidazole rings is 1. The van der Waals surface area contributed by atoms with Crippen LogP contribution in [0.2, 0.25) is 5.15 Å². The third-order valence-electron chi connectivity index (χ3n) is 2.81. The minimum Gasteiger partial charge on any atom is -0.337 e. The van der Waals surface area contributed by atoms with E-state index in [0.717, 1.165) is 42.8 Å². The van der Waals surface area contributed by atoms with Crippen molar-refractivity contribution in [1.29, 1.82) is 0 Å². The molecule has 0 saturated carbocycles. The number of hydrogen-bond donors (Lipinski definition) is 1. The van der Waals surface area contributed by atoms with E-state index in [1.165, 1.54) is 0 Å². The van der Waals surface area contributed by atoms with E-state index in [1.807, 2.05) is 25.5 Å². The average Bonchev–Trinajstić information content (AvgIpc) is 2.82. The molecule has 18 heavy (non-hydrogen) atoms. The number of aryl methyl sites for hydroxylation is 2. The number of aromatic nitrogens is 3. The van der Waals surface area contributed by atoms with Gasteiger partial charge in [-0.25, -0.2) is 9.97 Å². The lowest BCUT2D eigenvalue weighted by Gasteiger charge is -2.01. The van der Waals surface area contributed by atoms with E-state index in [0.29, 0.717) is 5.15 Å². The predicted octanol–water partition coefficient (Wildman–Crippen LogP) is 2.65. The van der Waals surface area contributed by atoms with Gasteiger partial charge in [-0.1, -0.05) is 11.6 Å². The zero-order valence-corrected chi connectivity index (χ0v) is 11.2. The zero-order chi connectivity index (χ0) is 13.0. The molecule has 2 aromatic heterocycles. The highest BCUT2D eigenvalue weighted by Gasteiger charge is 2.05. The lowest BCUT2D eigenvalue weighted by atomic mass is 10.2. The van der Waals surface area contributed by atoms with Crippen LogP contribution in [-0.4, -0.2) is 21.1 Å². The van der Waals surface area contributed by atoms with E-state index in [9.17, 15) is 0 Å². The number of nitrogens with zero attached hydrogens (tertiary/aromatic N) is 3. The quantitative estimate of drug-likeness (QED) is 0.667. The summed E-state index contributed by atoms with van der Waals surface area (Å²) in [5, 5.41) is 0.543. The largest absolute Gasteiger partial charge is 0.337 e. The highest BCUT2D eigenvalue weighted by Crippen LogP contribution is 2.21. The Morgan fingerprint density at radius 2 is 2.17 bits per heavy atom. The van der Waals surface area contributed by atoms with Crippen molar-refractivity contribution in [3.63, 3.8) is 0 Å². The van der Waals surface area contributed by atoms with Crippen LogP contribution in [0.5, 0.6) is 0 Å². The second-order valence-electron chi connectivity index (χ2n) is 4.32. The van der Waals surface area contributed by atoms with Gasteiger partial charge in [-0.3, -0.25) is 0 Å². The van der Waals surface area contributed by atoms with Gasteiger partial charge in [0.05, 0.1) is 12.0 Å². The molecule has 2 N–H and O–H groups in total. The van der Waals surface area contributed by atoms with Gasteiger partial charge in [0, 0.05) is 24.5 Å². The average molecular weight is 265 g/mol. The molecule has 2 rings (SSSR count). The zero-order valence-electron chi connectivity index (χ0n) is 10.4. The Bertz CT molecular complexity index is 521. The molecule has 0 spiro atoms. The van der Waals surface area contributed by atoms with Crippen LogP contribution in [0.4, 0.5) is 0 Å². The van der Waals surface area contributed by atoms with Crippen molar-refractivity contribution in [3.05, 3.63) is 35.5 Å². The molecule has 0 atom stereocenters. The van der Waals surface area contributed by atoms with Crippen molar-refractivity contribution < 1.29 is 0 Å². The summed E-state index contributed by atoms with van der Waals surface area (Å²) in [5.74, 6) is 0. The van der Waals surface area contributed by atoms with Crippen molar-refractivity contribution >= 4 is 11.6 Å². The smallest absolute Gasteiger partial charge is 0.131 e. The molecule has 0 aliphatic rings. The summed E-state index contributed by atoms with van der Waals surface area (Å²) in [6, 6.07) is 2.00. The molecule has 2 heterocycles. The Morgan fingerprint density at radius 1 is 1.33 bits per heavy atom. The third kappa shape index (κ3) is 3.09. The summed E-state index contributed by atoms with van der Waals surface area (Å²) >= 11 is 5.91. The van der Waals surface area contributed by atoms with E-state index in [1.54, 1.807) is 6.20 Å². The Hall–Kier alpha value is -1.39. The van der Waals surface area contributed by atoms with Gasteiger partial charge in [-0.05, 0) is 37.9 Å². The van der Waals surface area contributed by atoms with Gasteiger partial charge in [0.1, 0.15) is 5.15 Å². The van der Waals surface area contributed by atoms with Gasteiger partial charge < -0.3 is 10.3 Å². The summed E-state index contributed by atoms with van der Waals surface area (Å²) in [6.07, 6.45) is 7.73. The number of unbranched alkanes of at least 4 members (excludes halogenated alkanes) is 1. The van der Waals surface area contributed by atoms with E-state index in [4.69, 9.17) is 17.3 Å². The summed E-state index contributed by atoms with van der Waals surface area (Å²) in [4.78, 5) is 8.52. The Kier molecular flexibility index (Phi) is 4.33. The lowest BCUT2D eigenvalue weighted by molar-refractivity contribution is 0.614. The van der Waals surface area contributed by atoms with Gasteiger partial charge >= 0.3 is 0 Å². The van der Waals surface area contributed by atoms with Crippen LogP contribution in [0, 0.1) is 6.92 Å². The molecule has 0 radical (unpaired) electrons. The monoisotopic (exact) mass is 264 g/mol. The Balaban J connectivity index is 2.11. The topological polar surface area (TPSA) is 56.7 Å². The van der Waals surface area contributed by atoms with Crippen LogP contribution < -0.4 is 5.73 Å². The predicted molar refractivity (Wildman–Crippen MR) is 73.5 cm³/mol. The van der Waals surface area contributed by atoms with E-state index < -0.39 is 0 Å². The molecule has 96 valence electrons. The van der Waals surface area contributed by atoms with Crippen LogP contribution in [0.1, 0.15) is 18.4 Å². The van der Waals surface area contributed by atoms with Gasteiger partial charge in [-0.2, -0.15) is 0 Å². The van der Waals surface area contributed by atoms with Crippen molar-refractivity contribution in [1.82, 2.24) is 14.5 Å². The molecule has 5 heteroatoms. The first-order chi connectivity index (χ1) is 8.70. The number of hydrogen-bond acceptors (Lipinski definition) is 3. The standard InChI is InChI=1S/C13H17ClN4/c1-10-6-11(7-16-13(10)14)12-8-18(9-17-12)5-3-2-4-15/h6-9H,2-5,15H2,1H3. The van der Waals surface area contributed by atoms with Gasteiger partial charge in [0.15, 0.2) is 0 Å². The normalized spacial score (nSPS) is 10.8. The van der Waals surface area contributed by atoms with Crippen molar-refractivity contribution in [3.8, 4) is 11.3 Å². The number of pyridine rings is 1. The summed E-state index contributed by atoms with van der Waals surface area (Å²) < 4.78 is 2.08. The second-order valence-corrected chi connectivity index (χ2v) is 4.68. The molecule has 0 unspecified atom stereocenters. The van der Waals surface area contributed by atoms with Crippen LogP contribution in [0.25, 0.3) is 11.3 Å². The fourth-order valence-electron chi connectivity index (χ4n) is 1.77. The molecule has 0 aromatic carbocycles. The SMILES string of the molecule is Cc1cc(-c2cn(CCCCN)cn2)cnc1Cl. The maximum Gasteiger partial charge on any atom is 0.131 e. The van der Waals surface area contributed by atoms with Crippen LogP contribution >= 0.6 is 11.6 Å². The van der Waals surface area contributed by atoms with Crippen LogP contribution in [0.3, 0.4) is 0 Å². The molecule has 0 saturated heterocycles. The maximum atomic E-state index is 5.91. The Morgan fingerprint density at radius 3 is 2.89 bits per heavy atom. The molecule has 2 aromatic rings. The van der Waals surface area contributed by atoms with Crippen molar-refractivity contribution in [2.45, 2.75) is 26.3 Å². The molecule has 0 fully saturated rings. The summed E-state index contributed by atoms with van der Waals surface area (Å²) in [6.45, 7) is 3.63. The molecular weight excluding hydrogens is 248 g/mol. The van der Waals surface area contributed by atoms with Crippen molar-refractivity contribution in [2.75, 3.05) is 6.54 Å². The van der Waals surface area contributed by atoms with Gasteiger partial charge in [0.2, 0.25) is 0 Å². The molecule has 0 aliphatic carbocycles. The van der Waals surface area contributed by atoms with Crippen molar-refractivity contribution in [2.24, 2.45) is 5.73 Å². The fourth-order valence-corrected chi connectivity index (χ4v) is 1.87. The number of rotatable bonds is 5. The first kappa shape index (κ1) is 13.1. The lowest BCUT2D eigenvalue weighted by Crippen LogP contribution is -2.01. The highest BCUT2D eigenvalue weighted by molar-refractivity contribution is 6.30. The first-order valence-corrected chi connectivity index (χ1v) is 6.43. The van der Waals surface area contributed by atoms with Gasteiger partial charge in [-0.15, -0.1) is 0 Å². The fraction of sp³-hybridized carbons (Fsp3) is 0.385. The summed E-state index contributed by atoms with van der Waals surface area (Å²) in [7, 11) is 0. The van der Waals surface area contributed by atoms with Gasteiger partial charge in [0.25, 0.3) is 0 Å². The molecule has 0 bridgehead atoms. The maximum absolute atomic E-state index is 5.91. The van der Waals surface area contributed by atoms with E-state index >= 15 is 0 Å².